The van der Waals surface area contributed by atoms with Gasteiger partial charge in [0.1, 0.15) is 0 Å². The Morgan fingerprint density at radius 2 is 2.07 bits per heavy atom. The van der Waals surface area contributed by atoms with Crippen LogP contribution in [0.25, 0.3) is 22.1 Å². The van der Waals surface area contributed by atoms with Crippen LogP contribution in [0.2, 0.25) is 0 Å². The van der Waals surface area contributed by atoms with Crippen LogP contribution in [0.4, 0.5) is 5.69 Å². The molecule has 0 aliphatic heterocycles. The number of imidazole rings is 1. The number of esters is 1. The van der Waals surface area contributed by atoms with Crippen molar-refractivity contribution in [2.24, 2.45) is 0 Å². The molecule has 0 saturated carbocycles. The first-order valence-electron chi connectivity index (χ1n) is 8.35. The third kappa shape index (κ3) is 3.19. The number of fused-ring (bicyclic) bond motifs is 3. The van der Waals surface area contributed by atoms with Crippen LogP contribution >= 0.6 is 11.3 Å². The molecule has 0 unspecified atom stereocenters. The van der Waals surface area contributed by atoms with Crippen molar-refractivity contribution in [3.63, 3.8) is 0 Å². The number of carbonyl (C=O) groups excluding carboxylic acids is 1. The molecule has 0 aliphatic rings. The van der Waals surface area contributed by atoms with Gasteiger partial charge in [0.25, 0.3) is 5.56 Å². The van der Waals surface area contributed by atoms with E-state index in [1.165, 1.54) is 41.1 Å². The average Bonchev–Trinajstić information content (AvgIpc) is 3.18. The van der Waals surface area contributed by atoms with Crippen LogP contribution in [-0.2, 0) is 4.79 Å². The van der Waals surface area contributed by atoms with Crippen LogP contribution in [0.1, 0.15) is 12.5 Å². The minimum atomic E-state index is -0.712. The molecular formula is C19H13N3O6S. The van der Waals surface area contributed by atoms with E-state index in [0.717, 1.165) is 6.92 Å². The number of hydrogen-bond acceptors (Lipinski definition) is 8. The second-order valence-corrected chi connectivity index (χ2v) is 7.07. The first-order chi connectivity index (χ1) is 13.9. The molecule has 9 nitrogen and oxygen atoms in total. The predicted molar refractivity (Wildman–Crippen MR) is 107 cm³/mol. The van der Waals surface area contributed by atoms with Gasteiger partial charge < -0.3 is 9.47 Å². The second kappa shape index (κ2) is 6.99. The Morgan fingerprint density at radius 1 is 1.31 bits per heavy atom. The topological polar surface area (TPSA) is 113 Å². The molecular weight excluding hydrogens is 398 g/mol. The van der Waals surface area contributed by atoms with Gasteiger partial charge in [-0.1, -0.05) is 23.5 Å². The molecule has 0 aliphatic carbocycles. The maximum absolute atomic E-state index is 12.9. The summed E-state index contributed by atoms with van der Waals surface area (Å²) in [7, 11) is 1.31. The Bertz CT molecular complexity index is 1410. The molecule has 0 saturated heterocycles. The lowest BCUT2D eigenvalue weighted by molar-refractivity contribution is -0.385. The van der Waals surface area contributed by atoms with Crippen molar-refractivity contribution < 1.29 is 19.2 Å². The zero-order chi connectivity index (χ0) is 20.7. The maximum Gasteiger partial charge on any atom is 0.316 e. The van der Waals surface area contributed by atoms with Gasteiger partial charge in [0, 0.05) is 13.0 Å². The third-order valence-electron chi connectivity index (χ3n) is 4.16. The average molecular weight is 411 g/mol. The van der Waals surface area contributed by atoms with Crippen molar-refractivity contribution in [3.8, 4) is 11.5 Å². The Labute approximate surface area is 166 Å². The highest BCUT2D eigenvalue weighted by Crippen LogP contribution is 2.38. The largest absolute Gasteiger partial charge is 0.493 e. The fourth-order valence-electron chi connectivity index (χ4n) is 2.99. The molecule has 0 bridgehead atoms. The molecule has 2 aromatic heterocycles. The Hall–Kier alpha value is -3.79. The maximum atomic E-state index is 12.9. The molecule has 146 valence electrons. The smallest absolute Gasteiger partial charge is 0.316 e. The molecule has 4 aromatic rings. The molecule has 2 heterocycles. The van der Waals surface area contributed by atoms with Crippen molar-refractivity contribution in [1.82, 2.24) is 9.38 Å². The van der Waals surface area contributed by atoms with E-state index in [1.807, 2.05) is 18.2 Å². The van der Waals surface area contributed by atoms with E-state index < -0.39 is 16.6 Å². The number of ether oxygens (including phenoxy) is 2. The highest BCUT2D eigenvalue weighted by molar-refractivity contribution is 7.15. The van der Waals surface area contributed by atoms with Gasteiger partial charge in [-0.25, -0.2) is 9.38 Å². The summed E-state index contributed by atoms with van der Waals surface area (Å²) in [6, 6.07) is 9.97. The fraction of sp³-hybridized carbons (Fsp3) is 0.105. The van der Waals surface area contributed by atoms with Crippen LogP contribution < -0.4 is 19.6 Å². The summed E-state index contributed by atoms with van der Waals surface area (Å²) in [5, 5.41) is 11.5. The number of aromatic nitrogens is 2. The van der Waals surface area contributed by atoms with Gasteiger partial charge in [-0.05, 0) is 29.8 Å². The van der Waals surface area contributed by atoms with Crippen molar-refractivity contribution >= 4 is 45.1 Å². The van der Waals surface area contributed by atoms with Crippen molar-refractivity contribution in [2.45, 2.75) is 6.92 Å². The summed E-state index contributed by atoms with van der Waals surface area (Å²) in [6.45, 7) is 1.14. The second-order valence-electron chi connectivity index (χ2n) is 6.06. The van der Waals surface area contributed by atoms with E-state index in [4.69, 9.17) is 9.47 Å². The first kappa shape index (κ1) is 18.6. The number of nitrogens with zero attached hydrogens (tertiary/aromatic N) is 3. The molecule has 0 N–H and O–H groups in total. The van der Waals surface area contributed by atoms with E-state index in [0.29, 0.717) is 26.1 Å². The molecule has 29 heavy (non-hydrogen) atoms. The number of methoxy groups -OCH3 is 1. The van der Waals surface area contributed by atoms with E-state index in [1.54, 1.807) is 6.07 Å². The Kier molecular flexibility index (Phi) is 4.47. The highest BCUT2D eigenvalue weighted by atomic mass is 32.1. The summed E-state index contributed by atoms with van der Waals surface area (Å²) in [6.07, 6.45) is 1.52. The fourth-order valence-corrected chi connectivity index (χ4v) is 3.98. The number of para-hydroxylation sites is 2. The van der Waals surface area contributed by atoms with E-state index >= 15 is 0 Å². The summed E-state index contributed by atoms with van der Waals surface area (Å²) in [5.41, 5.74) is 1.05. The third-order valence-corrected chi connectivity index (χ3v) is 5.13. The number of hydrogen-bond donors (Lipinski definition) is 0. The predicted octanol–water partition coefficient (Wildman–Crippen LogP) is 2.30. The lowest BCUT2D eigenvalue weighted by atomic mass is 10.1. The molecule has 4 rings (SSSR count). The number of benzene rings is 2. The van der Waals surface area contributed by atoms with Crippen LogP contribution in [0.15, 0.2) is 41.2 Å². The SMILES string of the molecule is COc1cc(/C=c2\sc3nc4ccccc4n3c2=O)cc([N+](=O)[O-])c1OC(C)=O. The van der Waals surface area contributed by atoms with Crippen molar-refractivity contribution in [2.75, 3.05) is 7.11 Å². The van der Waals surface area contributed by atoms with E-state index in [9.17, 15) is 19.7 Å². The number of nitro benzene ring substituents is 1. The van der Waals surface area contributed by atoms with E-state index in [2.05, 4.69) is 4.98 Å². The van der Waals surface area contributed by atoms with Gasteiger partial charge in [0.2, 0.25) is 5.75 Å². The molecule has 0 fully saturated rings. The highest BCUT2D eigenvalue weighted by Gasteiger charge is 2.23. The van der Waals surface area contributed by atoms with Crippen LogP contribution in [0.5, 0.6) is 11.5 Å². The zero-order valence-electron chi connectivity index (χ0n) is 15.2. The summed E-state index contributed by atoms with van der Waals surface area (Å²) in [4.78, 5) is 39.9. The first-order valence-corrected chi connectivity index (χ1v) is 9.17. The molecule has 2 aromatic carbocycles. The molecule has 0 spiro atoms. The minimum Gasteiger partial charge on any atom is -0.493 e. The van der Waals surface area contributed by atoms with Crippen LogP contribution in [0.3, 0.4) is 0 Å². The molecule has 0 radical (unpaired) electrons. The summed E-state index contributed by atoms with van der Waals surface area (Å²) < 4.78 is 12.0. The quantitative estimate of drug-likeness (QED) is 0.219. The van der Waals surface area contributed by atoms with Gasteiger partial charge in [-0.3, -0.25) is 19.7 Å². The molecule has 0 amide bonds. The standard InChI is InChI=1S/C19H13N3O6S/c1-10(23)28-17-14(22(25)26)7-11(8-15(17)27-2)9-16-18(24)21-13-6-4-3-5-12(13)20-19(21)29-16/h3-9H,1-2H3/b16-9-. The number of carbonyl (C=O) groups is 1. The summed E-state index contributed by atoms with van der Waals surface area (Å²) in [5.74, 6) is -0.979. The number of thiazole rings is 1. The van der Waals surface area contributed by atoms with Gasteiger partial charge in [0.05, 0.1) is 27.6 Å². The van der Waals surface area contributed by atoms with Crippen LogP contribution in [-0.4, -0.2) is 27.4 Å². The van der Waals surface area contributed by atoms with E-state index in [-0.39, 0.29) is 17.1 Å². The van der Waals surface area contributed by atoms with Crippen LogP contribution in [0, 0.1) is 10.1 Å². The Balaban J connectivity index is 1.93. The van der Waals surface area contributed by atoms with Gasteiger partial charge in [-0.2, -0.15) is 0 Å². The normalized spacial score (nSPS) is 11.9. The number of rotatable bonds is 4. The van der Waals surface area contributed by atoms with Crippen molar-refractivity contribution in [1.29, 1.82) is 0 Å². The van der Waals surface area contributed by atoms with Gasteiger partial charge in [0.15, 0.2) is 10.7 Å². The molecule has 0 atom stereocenters. The lowest BCUT2D eigenvalue weighted by Gasteiger charge is -2.09. The number of nitro groups is 1. The summed E-state index contributed by atoms with van der Waals surface area (Å²) >= 11 is 1.17. The Morgan fingerprint density at radius 3 is 2.76 bits per heavy atom. The zero-order valence-corrected chi connectivity index (χ0v) is 16.1. The van der Waals surface area contributed by atoms with Crippen molar-refractivity contribution in [3.05, 3.63) is 67.0 Å². The molecule has 10 heteroatoms. The minimum absolute atomic E-state index is 0.0138. The van der Waals surface area contributed by atoms with Gasteiger partial charge in [-0.15, -0.1) is 0 Å². The monoisotopic (exact) mass is 411 g/mol. The van der Waals surface area contributed by atoms with Gasteiger partial charge >= 0.3 is 11.7 Å². The lowest BCUT2D eigenvalue weighted by Crippen LogP contribution is -2.22.